The van der Waals surface area contributed by atoms with Crippen molar-refractivity contribution >= 4 is 17.6 Å². The molecule has 0 aliphatic heterocycles. The SMILES string of the molecule is COC(=O)c1cccc(N=C([O-])c2ccccc2)c1. The zero-order valence-corrected chi connectivity index (χ0v) is 10.4. The van der Waals surface area contributed by atoms with Crippen LogP contribution in [0.3, 0.4) is 0 Å². The fourth-order valence-corrected chi connectivity index (χ4v) is 1.58. The minimum Gasteiger partial charge on any atom is -0.858 e. The third-order valence-electron chi connectivity index (χ3n) is 2.52. The number of hydrogen-bond acceptors (Lipinski definition) is 4. The highest BCUT2D eigenvalue weighted by molar-refractivity contribution is 5.93. The van der Waals surface area contributed by atoms with Gasteiger partial charge in [-0.25, -0.2) is 4.79 Å². The van der Waals surface area contributed by atoms with Gasteiger partial charge in [-0.3, -0.25) is 4.99 Å². The summed E-state index contributed by atoms with van der Waals surface area (Å²) in [7, 11) is 1.31. The Hall–Kier alpha value is -2.62. The molecule has 0 bridgehead atoms. The summed E-state index contributed by atoms with van der Waals surface area (Å²) in [6.45, 7) is 0. The van der Waals surface area contributed by atoms with E-state index in [2.05, 4.69) is 9.73 Å². The van der Waals surface area contributed by atoms with Crippen LogP contribution in [0.2, 0.25) is 0 Å². The summed E-state index contributed by atoms with van der Waals surface area (Å²) in [6.07, 6.45) is 0. The highest BCUT2D eigenvalue weighted by Crippen LogP contribution is 2.15. The zero-order chi connectivity index (χ0) is 13.7. The molecule has 0 aliphatic rings. The normalized spacial score (nSPS) is 11.1. The number of carbonyl (C=O) groups excluding carboxylic acids is 1. The minimum atomic E-state index is -0.454. The van der Waals surface area contributed by atoms with Gasteiger partial charge in [0.05, 0.1) is 18.4 Å². The van der Waals surface area contributed by atoms with Crippen LogP contribution in [-0.4, -0.2) is 19.0 Å². The molecular weight excluding hydrogens is 242 g/mol. The number of hydrogen-bond donors (Lipinski definition) is 0. The van der Waals surface area contributed by atoms with E-state index in [1.165, 1.54) is 13.2 Å². The van der Waals surface area contributed by atoms with Crippen molar-refractivity contribution in [1.29, 1.82) is 0 Å². The van der Waals surface area contributed by atoms with Crippen molar-refractivity contribution in [3.05, 3.63) is 65.7 Å². The Morgan fingerprint density at radius 2 is 1.74 bits per heavy atom. The molecule has 2 rings (SSSR count). The fourth-order valence-electron chi connectivity index (χ4n) is 1.58. The number of ether oxygens (including phenoxy) is 1. The Morgan fingerprint density at radius 1 is 1.05 bits per heavy atom. The van der Waals surface area contributed by atoms with Crippen molar-refractivity contribution in [3.8, 4) is 0 Å². The first-order valence-corrected chi connectivity index (χ1v) is 5.70. The minimum absolute atomic E-state index is 0.345. The van der Waals surface area contributed by atoms with E-state index in [9.17, 15) is 9.90 Å². The molecule has 0 spiro atoms. The second-order valence-electron chi connectivity index (χ2n) is 3.82. The molecule has 0 N–H and O–H groups in total. The number of nitrogens with zero attached hydrogens (tertiary/aromatic N) is 1. The van der Waals surface area contributed by atoms with E-state index in [4.69, 9.17) is 0 Å². The molecule has 0 fully saturated rings. The van der Waals surface area contributed by atoms with Crippen LogP contribution in [0, 0.1) is 0 Å². The molecule has 2 aromatic rings. The van der Waals surface area contributed by atoms with Gasteiger partial charge in [0.15, 0.2) is 0 Å². The van der Waals surface area contributed by atoms with Crippen LogP contribution in [-0.2, 0) is 4.74 Å². The number of esters is 1. The number of rotatable bonds is 3. The molecule has 0 aromatic heterocycles. The van der Waals surface area contributed by atoms with E-state index in [-0.39, 0.29) is 5.90 Å². The van der Waals surface area contributed by atoms with E-state index in [1.54, 1.807) is 42.5 Å². The standard InChI is InChI=1S/C15H13NO3/c1-19-15(18)12-8-5-9-13(10-12)16-14(17)11-6-3-2-4-7-11/h2-10H,1H3,(H,16,17)/p-1. The van der Waals surface area contributed by atoms with Crippen molar-refractivity contribution in [2.75, 3.05) is 7.11 Å². The van der Waals surface area contributed by atoms with Crippen LogP contribution in [0.1, 0.15) is 15.9 Å². The van der Waals surface area contributed by atoms with Crippen LogP contribution in [0.4, 0.5) is 5.69 Å². The summed E-state index contributed by atoms with van der Waals surface area (Å²) in [6, 6.07) is 15.2. The van der Waals surface area contributed by atoms with Gasteiger partial charge in [0.2, 0.25) is 0 Å². The van der Waals surface area contributed by atoms with Gasteiger partial charge in [0, 0.05) is 0 Å². The first kappa shape index (κ1) is 12.8. The van der Waals surface area contributed by atoms with Gasteiger partial charge in [0.25, 0.3) is 0 Å². The molecular formula is C15H12NO3-. The lowest BCUT2D eigenvalue weighted by molar-refractivity contribution is -0.212. The maximum Gasteiger partial charge on any atom is 0.337 e. The van der Waals surface area contributed by atoms with E-state index in [0.717, 1.165) is 0 Å². The van der Waals surface area contributed by atoms with Crippen LogP contribution < -0.4 is 5.11 Å². The van der Waals surface area contributed by atoms with Gasteiger partial charge in [-0.2, -0.15) is 0 Å². The molecule has 96 valence electrons. The first-order chi connectivity index (χ1) is 9.20. The van der Waals surface area contributed by atoms with E-state index >= 15 is 0 Å². The second kappa shape index (κ2) is 5.82. The lowest BCUT2D eigenvalue weighted by Gasteiger charge is -2.10. The van der Waals surface area contributed by atoms with Gasteiger partial charge in [-0.15, -0.1) is 0 Å². The van der Waals surface area contributed by atoms with E-state index in [0.29, 0.717) is 16.8 Å². The largest absolute Gasteiger partial charge is 0.858 e. The topological polar surface area (TPSA) is 61.7 Å². The van der Waals surface area contributed by atoms with Crippen LogP contribution in [0.5, 0.6) is 0 Å². The van der Waals surface area contributed by atoms with Crippen molar-refractivity contribution in [2.24, 2.45) is 4.99 Å². The van der Waals surface area contributed by atoms with Gasteiger partial charge >= 0.3 is 5.97 Å². The predicted octanol–water partition coefficient (Wildman–Crippen LogP) is 1.91. The van der Waals surface area contributed by atoms with Crippen LogP contribution >= 0.6 is 0 Å². The highest BCUT2D eigenvalue weighted by atomic mass is 16.5. The molecule has 4 nitrogen and oxygen atoms in total. The van der Waals surface area contributed by atoms with Crippen LogP contribution in [0.25, 0.3) is 0 Å². The van der Waals surface area contributed by atoms with Gasteiger partial charge < -0.3 is 9.84 Å². The molecule has 2 aromatic carbocycles. The molecule has 19 heavy (non-hydrogen) atoms. The quantitative estimate of drug-likeness (QED) is 0.477. The zero-order valence-electron chi connectivity index (χ0n) is 10.4. The summed E-state index contributed by atoms with van der Waals surface area (Å²) in [5, 5.41) is 11.9. The number of methoxy groups -OCH3 is 1. The summed E-state index contributed by atoms with van der Waals surface area (Å²) < 4.78 is 4.62. The van der Waals surface area contributed by atoms with Gasteiger partial charge in [-0.05, 0) is 29.7 Å². The van der Waals surface area contributed by atoms with Crippen molar-refractivity contribution in [3.63, 3.8) is 0 Å². The third-order valence-corrected chi connectivity index (χ3v) is 2.52. The molecule has 0 amide bonds. The van der Waals surface area contributed by atoms with E-state index in [1.807, 2.05) is 6.07 Å². The molecule has 0 unspecified atom stereocenters. The third kappa shape index (κ3) is 3.19. The average molecular weight is 254 g/mol. The average Bonchev–Trinajstić information content (AvgIpc) is 2.47. The number of aliphatic imine (C=N–C) groups is 1. The molecule has 0 radical (unpaired) electrons. The summed E-state index contributed by atoms with van der Waals surface area (Å²) >= 11 is 0. The van der Waals surface area contributed by atoms with Crippen molar-refractivity contribution in [2.45, 2.75) is 0 Å². The Kier molecular flexibility index (Phi) is 3.93. The van der Waals surface area contributed by atoms with E-state index < -0.39 is 5.97 Å². The maximum atomic E-state index is 11.9. The molecule has 0 saturated carbocycles. The fraction of sp³-hybridized carbons (Fsp3) is 0.0667. The molecule has 0 aliphatic carbocycles. The predicted molar refractivity (Wildman–Crippen MR) is 70.4 cm³/mol. The highest BCUT2D eigenvalue weighted by Gasteiger charge is 2.04. The summed E-state index contributed by atoms with van der Waals surface area (Å²) in [4.78, 5) is 15.3. The first-order valence-electron chi connectivity index (χ1n) is 5.70. The lowest BCUT2D eigenvalue weighted by Crippen LogP contribution is -2.18. The van der Waals surface area contributed by atoms with Crippen molar-refractivity contribution in [1.82, 2.24) is 0 Å². The molecule has 0 atom stereocenters. The number of benzene rings is 2. The van der Waals surface area contributed by atoms with Crippen molar-refractivity contribution < 1.29 is 14.6 Å². The summed E-state index contributed by atoms with van der Waals surface area (Å²) in [5.74, 6) is -0.799. The molecule has 4 heteroatoms. The Morgan fingerprint density at radius 3 is 2.42 bits per heavy atom. The maximum absolute atomic E-state index is 11.9. The smallest absolute Gasteiger partial charge is 0.337 e. The Balaban J connectivity index is 2.30. The lowest BCUT2D eigenvalue weighted by atomic mass is 10.2. The second-order valence-corrected chi connectivity index (χ2v) is 3.82. The van der Waals surface area contributed by atoms with Gasteiger partial charge in [0.1, 0.15) is 0 Å². The monoisotopic (exact) mass is 254 g/mol. The number of carbonyl (C=O) groups is 1. The Labute approximate surface area is 111 Å². The summed E-state index contributed by atoms with van der Waals surface area (Å²) in [5.41, 5.74) is 1.30. The molecule has 0 saturated heterocycles. The Bertz CT molecular complexity index is 606. The van der Waals surface area contributed by atoms with Gasteiger partial charge in [-0.1, -0.05) is 36.4 Å². The molecule has 0 heterocycles. The van der Waals surface area contributed by atoms with Crippen LogP contribution in [0.15, 0.2) is 59.6 Å².